The first-order valence-electron chi connectivity index (χ1n) is 6.75. The fourth-order valence-corrected chi connectivity index (χ4v) is 2.46. The summed E-state index contributed by atoms with van der Waals surface area (Å²) < 4.78 is 5.25. The van der Waals surface area contributed by atoms with Crippen LogP contribution < -0.4 is 10.1 Å². The van der Waals surface area contributed by atoms with E-state index < -0.39 is 0 Å². The third kappa shape index (κ3) is 4.60. The first kappa shape index (κ1) is 15.6. The van der Waals surface area contributed by atoms with Crippen molar-refractivity contribution in [2.45, 2.75) is 18.3 Å². The van der Waals surface area contributed by atoms with Gasteiger partial charge in [-0.05, 0) is 17.2 Å². The Labute approximate surface area is 133 Å². The van der Waals surface area contributed by atoms with Crippen molar-refractivity contribution in [3.05, 3.63) is 65.2 Å². The molecule has 110 valence electrons. The fraction of sp³-hybridized carbons (Fsp3) is 0.235. The zero-order valence-corrected chi connectivity index (χ0v) is 13.5. The molecule has 2 aromatic carbocycles. The van der Waals surface area contributed by atoms with Crippen LogP contribution in [0.15, 0.2) is 48.5 Å². The molecule has 4 heteroatoms. The summed E-state index contributed by atoms with van der Waals surface area (Å²) in [5, 5.41) is 3.76. The summed E-state index contributed by atoms with van der Waals surface area (Å²) in [6.45, 7) is 0.537. The van der Waals surface area contributed by atoms with Gasteiger partial charge in [0.2, 0.25) is 5.91 Å². The number of ether oxygens (including phenoxy) is 1. The van der Waals surface area contributed by atoms with Crippen LogP contribution in [0, 0.1) is 0 Å². The molecule has 0 heterocycles. The van der Waals surface area contributed by atoms with E-state index in [-0.39, 0.29) is 5.91 Å². The fourth-order valence-electron chi connectivity index (χ4n) is 2.11. The molecule has 2 rings (SSSR count). The first-order valence-corrected chi connectivity index (χ1v) is 7.87. The van der Waals surface area contributed by atoms with Crippen LogP contribution in [0.25, 0.3) is 0 Å². The number of amides is 1. The van der Waals surface area contributed by atoms with Gasteiger partial charge < -0.3 is 10.1 Å². The third-order valence-electron chi connectivity index (χ3n) is 3.18. The van der Waals surface area contributed by atoms with Crippen molar-refractivity contribution in [1.82, 2.24) is 5.32 Å². The van der Waals surface area contributed by atoms with Crippen molar-refractivity contribution in [2.75, 3.05) is 7.11 Å². The number of halogens is 1. The molecule has 0 spiro atoms. The van der Waals surface area contributed by atoms with Crippen LogP contribution in [0.2, 0.25) is 0 Å². The normalized spacial score (nSPS) is 10.2. The lowest BCUT2D eigenvalue weighted by atomic mass is 10.1. The second kappa shape index (κ2) is 7.84. The molecule has 0 aliphatic rings. The largest absolute Gasteiger partial charge is 0.496 e. The smallest absolute Gasteiger partial charge is 0.224 e. The lowest BCUT2D eigenvalue weighted by Gasteiger charge is -2.09. The molecule has 2 aromatic rings. The van der Waals surface area contributed by atoms with Crippen LogP contribution in [0.1, 0.15) is 16.7 Å². The maximum atomic E-state index is 12.0. The molecule has 0 aliphatic carbocycles. The minimum absolute atomic E-state index is 0.0104. The molecule has 0 radical (unpaired) electrons. The van der Waals surface area contributed by atoms with Crippen molar-refractivity contribution in [1.29, 1.82) is 0 Å². The Hall–Kier alpha value is -1.81. The van der Waals surface area contributed by atoms with E-state index >= 15 is 0 Å². The maximum absolute atomic E-state index is 12.0. The number of para-hydroxylation sites is 1. The highest BCUT2D eigenvalue weighted by atomic mass is 79.9. The van der Waals surface area contributed by atoms with Gasteiger partial charge in [0.05, 0.1) is 13.5 Å². The minimum Gasteiger partial charge on any atom is -0.496 e. The summed E-state index contributed by atoms with van der Waals surface area (Å²) in [4.78, 5) is 12.0. The second-order valence-electron chi connectivity index (χ2n) is 4.72. The molecule has 0 saturated heterocycles. The molecule has 0 fully saturated rings. The highest BCUT2D eigenvalue weighted by Crippen LogP contribution is 2.17. The standard InChI is InChI=1S/C17H18BrNO2/c1-21-16-8-3-2-7-15(16)10-17(20)19-12-14-6-4-5-13(9-14)11-18/h2-9H,10-12H2,1H3,(H,19,20). The van der Waals surface area contributed by atoms with E-state index in [1.54, 1.807) is 7.11 Å². The Bertz CT molecular complexity index is 613. The van der Waals surface area contributed by atoms with Crippen molar-refractivity contribution >= 4 is 21.8 Å². The molecule has 0 saturated carbocycles. The monoisotopic (exact) mass is 347 g/mol. The van der Waals surface area contributed by atoms with Gasteiger partial charge in [-0.25, -0.2) is 0 Å². The number of hydrogen-bond acceptors (Lipinski definition) is 2. The van der Waals surface area contributed by atoms with Gasteiger partial charge >= 0.3 is 0 Å². The molecule has 0 unspecified atom stereocenters. The molecule has 0 aromatic heterocycles. The Balaban J connectivity index is 1.92. The Morgan fingerprint density at radius 2 is 1.90 bits per heavy atom. The summed E-state index contributed by atoms with van der Waals surface area (Å²) in [6.07, 6.45) is 0.322. The molecule has 0 aliphatic heterocycles. The van der Waals surface area contributed by atoms with Gasteiger partial charge in [-0.15, -0.1) is 0 Å². The SMILES string of the molecule is COc1ccccc1CC(=O)NCc1cccc(CBr)c1. The van der Waals surface area contributed by atoms with Gasteiger partial charge in [0, 0.05) is 17.4 Å². The third-order valence-corrected chi connectivity index (χ3v) is 3.83. The van der Waals surface area contributed by atoms with Gasteiger partial charge in [-0.1, -0.05) is 58.4 Å². The van der Waals surface area contributed by atoms with Gasteiger partial charge in [-0.3, -0.25) is 4.79 Å². The molecule has 3 nitrogen and oxygen atoms in total. The van der Waals surface area contributed by atoms with Crippen molar-refractivity contribution in [3.63, 3.8) is 0 Å². The van der Waals surface area contributed by atoms with Crippen LogP contribution >= 0.6 is 15.9 Å². The van der Waals surface area contributed by atoms with E-state index in [9.17, 15) is 4.79 Å². The number of nitrogens with one attached hydrogen (secondary N) is 1. The zero-order chi connectivity index (χ0) is 15.1. The highest BCUT2D eigenvalue weighted by molar-refractivity contribution is 9.08. The van der Waals surface area contributed by atoms with Crippen LogP contribution in [-0.2, 0) is 23.1 Å². The van der Waals surface area contributed by atoms with Crippen molar-refractivity contribution in [2.24, 2.45) is 0 Å². The second-order valence-corrected chi connectivity index (χ2v) is 5.28. The van der Waals surface area contributed by atoms with Gasteiger partial charge in [0.15, 0.2) is 0 Å². The minimum atomic E-state index is -0.0104. The number of hydrogen-bond donors (Lipinski definition) is 1. The van der Waals surface area contributed by atoms with E-state index in [1.807, 2.05) is 36.4 Å². The summed E-state index contributed by atoms with van der Waals surface area (Å²) in [6, 6.07) is 15.7. The molecule has 1 amide bonds. The quantitative estimate of drug-likeness (QED) is 0.812. The topological polar surface area (TPSA) is 38.3 Å². The number of benzene rings is 2. The highest BCUT2D eigenvalue weighted by Gasteiger charge is 2.07. The van der Waals surface area contributed by atoms with Gasteiger partial charge in [0.25, 0.3) is 0 Å². The van der Waals surface area contributed by atoms with E-state index in [0.717, 1.165) is 22.2 Å². The predicted molar refractivity (Wildman–Crippen MR) is 87.6 cm³/mol. The molecular weight excluding hydrogens is 330 g/mol. The maximum Gasteiger partial charge on any atom is 0.224 e. The zero-order valence-electron chi connectivity index (χ0n) is 11.9. The lowest BCUT2D eigenvalue weighted by Crippen LogP contribution is -2.24. The number of rotatable bonds is 6. The summed E-state index contributed by atoms with van der Waals surface area (Å²) in [5.74, 6) is 0.734. The Morgan fingerprint density at radius 3 is 2.67 bits per heavy atom. The summed E-state index contributed by atoms with van der Waals surface area (Å²) >= 11 is 3.43. The predicted octanol–water partition coefficient (Wildman–Crippen LogP) is 3.45. The first-order chi connectivity index (χ1) is 10.2. The van der Waals surface area contributed by atoms with E-state index in [4.69, 9.17) is 4.74 Å². The van der Waals surface area contributed by atoms with Gasteiger partial charge in [-0.2, -0.15) is 0 Å². The van der Waals surface area contributed by atoms with Crippen LogP contribution in [0.4, 0.5) is 0 Å². The number of methoxy groups -OCH3 is 1. The molecular formula is C17H18BrNO2. The average Bonchev–Trinajstić information content (AvgIpc) is 2.53. The van der Waals surface area contributed by atoms with E-state index in [2.05, 4.69) is 33.4 Å². The van der Waals surface area contributed by atoms with Gasteiger partial charge in [0.1, 0.15) is 5.75 Å². The van der Waals surface area contributed by atoms with Crippen molar-refractivity contribution in [3.8, 4) is 5.75 Å². The van der Waals surface area contributed by atoms with E-state index in [0.29, 0.717) is 13.0 Å². The average molecular weight is 348 g/mol. The van der Waals surface area contributed by atoms with Crippen LogP contribution in [0.5, 0.6) is 5.75 Å². The van der Waals surface area contributed by atoms with E-state index in [1.165, 1.54) is 5.56 Å². The lowest BCUT2D eigenvalue weighted by molar-refractivity contribution is -0.120. The summed E-state index contributed by atoms with van der Waals surface area (Å²) in [5.41, 5.74) is 3.19. The number of alkyl halides is 1. The van der Waals surface area contributed by atoms with Crippen molar-refractivity contribution < 1.29 is 9.53 Å². The number of carbonyl (C=O) groups is 1. The molecule has 1 N–H and O–H groups in total. The van der Waals surface area contributed by atoms with Crippen LogP contribution in [0.3, 0.4) is 0 Å². The molecule has 0 bridgehead atoms. The summed E-state index contributed by atoms with van der Waals surface area (Å²) in [7, 11) is 1.61. The Kier molecular flexibility index (Phi) is 5.81. The molecule has 0 atom stereocenters. The Morgan fingerprint density at radius 1 is 1.14 bits per heavy atom. The molecule has 21 heavy (non-hydrogen) atoms. The van der Waals surface area contributed by atoms with Crippen LogP contribution in [-0.4, -0.2) is 13.0 Å². The number of carbonyl (C=O) groups excluding carboxylic acids is 1.